The molecule has 0 spiro atoms. The van der Waals surface area contributed by atoms with E-state index in [0.29, 0.717) is 12.2 Å². The number of nitrogens with zero attached hydrogens (tertiary/aromatic N) is 5. The van der Waals surface area contributed by atoms with Crippen molar-refractivity contribution in [2.24, 2.45) is 7.05 Å². The molecule has 0 aromatic carbocycles. The summed E-state index contributed by atoms with van der Waals surface area (Å²) < 4.78 is 17.8. The monoisotopic (exact) mass is 376 g/mol. The van der Waals surface area contributed by atoms with Gasteiger partial charge in [-0.1, -0.05) is 6.07 Å². The number of alkyl halides is 1. The van der Waals surface area contributed by atoms with Gasteiger partial charge in [0.05, 0.1) is 29.8 Å². The maximum absolute atomic E-state index is 14.0. The maximum Gasteiger partial charge on any atom is 0.137 e. The summed E-state index contributed by atoms with van der Waals surface area (Å²) in [5.41, 5.74) is 4.65. The molecule has 0 saturated heterocycles. The highest BCUT2D eigenvalue weighted by Crippen LogP contribution is 2.27. The van der Waals surface area contributed by atoms with E-state index in [-0.39, 0.29) is 6.04 Å². The molecule has 4 heterocycles. The van der Waals surface area contributed by atoms with Crippen LogP contribution < -0.4 is 5.32 Å². The normalized spacial score (nSPS) is 19.4. The second kappa shape index (κ2) is 6.74. The van der Waals surface area contributed by atoms with Crippen LogP contribution in [0.4, 0.5) is 10.2 Å². The number of imidazole rings is 1. The van der Waals surface area contributed by atoms with Crippen molar-refractivity contribution < 1.29 is 4.39 Å². The summed E-state index contributed by atoms with van der Waals surface area (Å²) in [6.45, 7) is 0. The molecule has 1 fully saturated rings. The van der Waals surface area contributed by atoms with E-state index in [1.807, 2.05) is 66.6 Å². The van der Waals surface area contributed by atoms with E-state index >= 15 is 0 Å². The average molecular weight is 376 g/mol. The van der Waals surface area contributed by atoms with Gasteiger partial charge in [0, 0.05) is 30.6 Å². The van der Waals surface area contributed by atoms with Gasteiger partial charge in [0.2, 0.25) is 0 Å². The fraction of sp³-hybridized carbons (Fsp3) is 0.286. The van der Waals surface area contributed by atoms with E-state index in [2.05, 4.69) is 15.4 Å². The fourth-order valence-electron chi connectivity index (χ4n) is 3.84. The third kappa shape index (κ3) is 3.02. The lowest BCUT2D eigenvalue weighted by Gasteiger charge is -2.16. The zero-order valence-electron chi connectivity index (χ0n) is 15.6. The molecular formula is C21H21FN6. The van der Waals surface area contributed by atoms with Gasteiger partial charge < -0.3 is 5.32 Å². The number of nitrogens with one attached hydrogen (secondary N) is 1. The van der Waals surface area contributed by atoms with Crippen LogP contribution in [0.15, 0.2) is 55.1 Å². The smallest absolute Gasteiger partial charge is 0.137 e. The second-order valence-corrected chi connectivity index (χ2v) is 7.30. The highest BCUT2D eigenvalue weighted by atomic mass is 19.1. The number of halogens is 1. The van der Waals surface area contributed by atoms with Crippen LogP contribution in [0.25, 0.3) is 28.2 Å². The summed E-state index contributed by atoms with van der Waals surface area (Å²) >= 11 is 0. The molecule has 6 nitrogen and oxygen atoms in total. The van der Waals surface area contributed by atoms with Gasteiger partial charge in [-0.05, 0) is 43.5 Å². The number of hydrogen-bond acceptors (Lipinski definition) is 4. The Labute approximate surface area is 162 Å². The lowest BCUT2D eigenvalue weighted by atomic mass is 10.1. The van der Waals surface area contributed by atoms with Crippen molar-refractivity contribution in [1.82, 2.24) is 24.1 Å². The molecule has 2 atom stereocenters. The van der Waals surface area contributed by atoms with Crippen molar-refractivity contribution in [1.29, 1.82) is 0 Å². The van der Waals surface area contributed by atoms with E-state index in [0.717, 1.165) is 41.0 Å². The number of hydrogen-bond donors (Lipinski definition) is 1. The average Bonchev–Trinajstić information content (AvgIpc) is 3.42. The first-order valence-corrected chi connectivity index (χ1v) is 9.51. The van der Waals surface area contributed by atoms with Crippen molar-refractivity contribution in [3.8, 4) is 22.5 Å². The predicted octanol–water partition coefficient (Wildman–Crippen LogP) is 4.10. The van der Waals surface area contributed by atoms with Gasteiger partial charge in [-0.2, -0.15) is 5.10 Å². The van der Waals surface area contributed by atoms with Crippen LogP contribution in [0.3, 0.4) is 0 Å². The van der Waals surface area contributed by atoms with Crippen LogP contribution in [-0.2, 0) is 7.05 Å². The Bertz CT molecular complexity index is 1130. The van der Waals surface area contributed by atoms with Gasteiger partial charge in [0.15, 0.2) is 0 Å². The molecule has 0 bridgehead atoms. The third-order valence-electron chi connectivity index (χ3n) is 5.32. The summed E-state index contributed by atoms with van der Waals surface area (Å²) in [7, 11) is 1.90. The zero-order chi connectivity index (χ0) is 19.1. The molecule has 7 heteroatoms. The van der Waals surface area contributed by atoms with Crippen molar-refractivity contribution in [2.75, 3.05) is 5.32 Å². The predicted molar refractivity (Wildman–Crippen MR) is 107 cm³/mol. The van der Waals surface area contributed by atoms with Crippen molar-refractivity contribution in [3.05, 3.63) is 55.1 Å². The van der Waals surface area contributed by atoms with Crippen LogP contribution >= 0.6 is 0 Å². The van der Waals surface area contributed by atoms with Crippen molar-refractivity contribution in [3.63, 3.8) is 0 Å². The van der Waals surface area contributed by atoms with Crippen LogP contribution in [-0.4, -0.2) is 36.4 Å². The van der Waals surface area contributed by atoms with Gasteiger partial charge >= 0.3 is 0 Å². The fourth-order valence-corrected chi connectivity index (χ4v) is 3.84. The molecule has 0 radical (unpaired) electrons. The number of fused-ring (bicyclic) bond motifs is 1. The minimum atomic E-state index is -0.803. The van der Waals surface area contributed by atoms with E-state index < -0.39 is 6.17 Å². The third-order valence-corrected chi connectivity index (χ3v) is 5.32. The number of aryl methyl sites for hydroxylation is 1. The molecule has 5 rings (SSSR count). The zero-order valence-corrected chi connectivity index (χ0v) is 15.6. The van der Waals surface area contributed by atoms with Gasteiger partial charge in [-0.25, -0.2) is 14.4 Å². The minimum absolute atomic E-state index is 0.151. The van der Waals surface area contributed by atoms with Crippen molar-refractivity contribution >= 4 is 11.5 Å². The second-order valence-electron chi connectivity index (χ2n) is 7.30. The summed E-state index contributed by atoms with van der Waals surface area (Å²) in [5, 5.41) is 7.50. The Hall–Kier alpha value is -3.22. The summed E-state index contributed by atoms with van der Waals surface area (Å²) in [6, 6.07) is 9.65. The Morgan fingerprint density at radius 1 is 1.07 bits per heavy atom. The number of aromatic nitrogens is 5. The first-order valence-electron chi connectivity index (χ1n) is 9.51. The Balaban J connectivity index is 1.51. The highest BCUT2D eigenvalue weighted by molar-refractivity contribution is 5.67. The Morgan fingerprint density at radius 2 is 2.00 bits per heavy atom. The van der Waals surface area contributed by atoms with Crippen LogP contribution in [0.1, 0.15) is 19.3 Å². The molecule has 28 heavy (non-hydrogen) atoms. The number of pyridine rings is 2. The minimum Gasteiger partial charge on any atom is -0.364 e. The van der Waals surface area contributed by atoms with E-state index in [1.54, 1.807) is 4.68 Å². The highest BCUT2D eigenvalue weighted by Gasteiger charge is 2.27. The molecule has 4 aromatic rings. The number of rotatable bonds is 4. The summed E-state index contributed by atoms with van der Waals surface area (Å²) in [6.07, 6.45) is 9.28. The van der Waals surface area contributed by atoms with Gasteiger partial charge in [0.1, 0.15) is 17.6 Å². The summed E-state index contributed by atoms with van der Waals surface area (Å²) in [4.78, 5) is 9.22. The first kappa shape index (κ1) is 16.9. The van der Waals surface area contributed by atoms with Gasteiger partial charge in [-0.3, -0.25) is 9.08 Å². The molecule has 0 aliphatic heterocycles. The largest absolute Gasteiger partial charge is 0.364 e. The first-order chi connectivity index (χ1) is 13.7. The lowest BCUT2D eigenvalue weighted by molar-refractivity contribution is 0.323. The molecule has 142 valence electrons. The Morgan fingerprint density at radius 3 is 2.79 bits per heavy atom. The van der Waals surface area contributed by atoms with E-state index in [9.17, 15) is 4.39 Å². The van der Waals surface area contributed by atoms with E-state index in [1.165, 1.54) is 0 Å². The molecule has 1 saturated carbocycles. The van der Waals surface area contributed by atoms with Crippen LogP contribution in [0.5, 0.6) is 0 Å². The number of anilines is 1. The molecule has 0 amide bonds. The SMILES string of the molecule is Cn1cc(-c2ccc3ncc(-c4cccc(N[C@H]5CCC[C@H]5F)n4)n3c2)cn1. The van der Waals surface area contributed by atoms with Gasteiger partial charge in [0.25, 0.3) is 0 Å². The summed E-state index contributed by atoms with van der Waals surface area (Å²) in [5.74, 6) is 0.699. The lowest BCUT2D eigenvalue weighted by Crippen LogP contribution is -2.25. The standard InChI is InChI=1S/C21H21FN6/c1-27-12-15(10-24-27)14-8-9-21-23-11-19(28(21)13-14)18-6-3-7-20(26-18)25-17-5-2-4-16(17)22/h3,6-13,16-17H,2,4-5H2,1H3,(H,25,26)/t16-,17+/m1/s1. The molecule has 4 aromatic heterocycles. The topological polar surface area (TPSA) is 60.0 Å². The molecular weight excluding hydrogens is 355 g/mol. The van der Waals surface area contributed by atoms with Crippen LogP contribution in [0, 0.1) is 0 Å². The quantitative estimate of drug-likeness (QED) is 0.583. The molecule has 0 unspecified atom stereocenters. The molecule has 1 N–H and O–H groups in total. The molecule has 1 aliphatic carbocycles. The van der Waals surface area contributed by atoms with Gasteiger partial charge in [-0.15, -0.1) is 0 Å². The van der Waals surface area contributed by atoms with E-state index in [4.69, 9.17) is 4.98 Å². The van der Waals surface area contributed by atoms with Crippen LogP contribution in [0.2, 0.25) is 0 Å². The maximum atomic E-state index is 14.0. The van der Waals surface area contributed by atoms with Crippen molar-refractivity contribution in [2.45, 2.75) is 31.5 Å². The molecule has 1 aliphatic rings. The Kier molecular flexibility index (Phi) is 4.07.